The highest BCUT2D eigenvalue weighted by atomic mass is 32.2. The lowest BCUT2D eigenvalue weighted by Gasteiger charge is -2.33. The van der Waals surface area contributed by atoms with Gasteiger partial charge in [0.2, 0.25) is 21.8 Å². The van der Waals surface area contributed by atoms with E-state index in [0.29, 0.717) is 18.9 Å². The van der Waals surface area contributed by atoms with Crippen molar-refractivity contribution in [1.82, 2.24) is 10.2 Å². The monoisotopic (exact) mass is 551 g/mol. The normalized spacial score (nSPS) is 11.9. The van der Waals surface area contributed by atoms with E-state index in [1.807, 2.05) is 67.6 Å². The van der Waals surface area contributed by atoms with Gasteiger partial charge in [0.25, 0.3) is 0 Å². The number of para-hydroxylation sites is 2. The maximum absolute atomic E-state index is 14.1. The Morgan fingerprint density at radius 3 is 2.05 bits per heavy atom. The average Bonchev–Trinajstić information content (AvgIpc) is 2.93. The predicted octanol–water partition coefficient (Wildman–Crippen LogP) is 4.02. The molecule has 0 aliphatic carbocycles. The standard InChI is InChI=1S/C30H37N3O5S/c1-4-20-31-30(35)27(21-24-14-8-6-9-15-24)32(22-25-16-10-7-11-17-25)29(34)23-33(39(3,36)37)26-18-12-13-19-28(26)38-5-2/h6-19,27H,4-5,20-23H2,1-3H3,(H,31,35)/t27-/m0/s1. The molecule has 3 aromatic carbocycles. The van der Waals surface area contributed by atoms with Crippen LogP contribution in [-0.2, 0) is 32.6 Å². The van der Waals surface area contributed by atoms with Crippen molar-refractivity contribution < 1.29 is 22.7 Å². The number of nitrogens with one attached hydrogen (secondary N) is 1. The van der Waals surface area contributed by atoms with Gasteiger partial charge < -0.3 is 15.0 Å². The van der Waals surface area contributed by atoms with E-state index in [0.717, 1.165) is 28.1 Å². The Labute approximate surface area is 231 Å². The average molecular weight is 552 g/mol. The van der Waals surface area contributed by atoms with Crippen LogP contribution in [0.4, 0.5) is 5.69 Å². The van der Waals surface area contributed by atoms with Crippen LogP contribution in [0.3, 0.4) is 0 Å². The van der Waals surface area contributed by atoms with Gasteiger partial charge in [-0.1, -0.05) is 79.7 Å². The second-order valence-corrected chi connectivity index (χ2v) is 11.1. The Balaban J connectivity index is 2.04. The van der Waals surface area contributed by atoms with Crippen LogP contribution in [0.1, 0.15) is 31.4 Å². The van der Waals surface area contributed by atoms with Crippen LogP contribution in [0.5, 0.6) is 5.75 Å². The van der Waals surface area contributed by atoms with Crippen LogP contribution in [-0.4, -0.2) is 57.1 Å². The number of anilines is 1. The highest BCUT2D eigenvalue weighted by molar-refractivity contribution is 7.92. The number of hydrogen-bond acceptors (Lipinski definition) is 5. The third kappa shape index (κ3) is 8.58. The Kier molecular flexibility index (Phi) is 10.9. The van der Waals surface area contributed by atoms with Crippen molar-refractivity contribution in [3.63, 3.8) is 0 Å². The number of rotatable bonds is 14. The molecule has 8 nitrogen and oxygen atoms in total. The highest BCUT2D eigenvalue weighted by Gasteiger charge is 2.33. The van der Waals surface area contributed by atoms with E-state index in [9.17, 15) is 18.0 Å². The summed E-state index contributed by atoms with van der Waals surface area (Å²) in [4.78, 5) is 29.0. The Morgan fingerprint density at radius 1 is 0.872 bits per heavy atom. The summed E-state index contributed by atoms with van der Waals surface area (Å²) >= 11 is 0. The van der Waals surface area contributed by atoms with E-state index in [1.165, 1.54) is 4.90 Å². The Morgan fingerprint density at radius 2 is 1.46 bits per heavy atom. The van der Waals surface area contributed by atoms with Gasteiger partial charge in [-0.3, -0.25) is 13.9 Å². The lowest BCUT2D eigenvalue weighted by Crippen LogP contribution is -2.53. The number of carbonyl (C=O) groups is 2. The van der Waals surface area contributed by atoms with Crippen LogP contribution in [0, 0.1) is 0 Å². The second-order valence-electron chi connectivity index (χ2n) is 9.17. The molecule has 208 valence electrons. The fourth-order valence-corrected chi connectivity index (χ4v) is 5.09. The SMILES string of the molecule is CCCNC(=O)[C@H](Cc1ccccc1)N(Cc1ccccc1)C(=O)CN(c1ccccc1OCC)S(C)(=O)=O. The smallest absolute Gasteiger partial charge is 0.244 e. The summed E-state index contributed by atoms with van der Waals surface area (Å²) in [6.07, 6.45) is 2.08. The molecule has 0 bridgehead atoms. The molecule has 0 aliphatic heterocycles. The van der Waals surface area contributed by atoms with Gasteiger partial charge in [0.05, 0.1) is 18.6 Å². The molecule has 1 N–H and O–H groups in total. The topological polar surface area (TPSA) is 96.0 Å². The Bertz CT molecular complexity index is 1320. The number of benzene rings is 3. The number of amides is 2. The maximum atomic E-state index is 14.1. The van der Waals surface area contributed by atoms with Crippen LogP contribution >= 0.6 is 0 Å². The van der Waals surface area contributed by atoms with Gasteiger partial charge in [-0.15, -0.1) is 0 Å². The molecule has 0 saturated carbocycles. The van der Waals surface area contributed by atoms with Crippen LogP contribution < -0.4 is 14.4 Å². The van der Waals surface area contributed by atoms with Crippen molar-refractivity contribution in [2.24, 2.45) is 0 Å². The molecule has 0 radical (unpaired) electrons. The van der Waals surface area contributed by atoms with Gasteiger partial charge >= 0.3 is 0 Å². The Hall–Kier alpha value is -3.85. The molecular weight excluding hydrogens is 514 g/mol. The minimum absolute atomic E-state index is 0.140. The zero-order valence-corrected chi connectivity index (χ0v) is 23.6. The van der Waals surface area contributed by atoms with Crippen molar-refractivity contribution >= 4 is 27.5 Å². The summed E-state index contributed by atoms with van der Waals surface area (Å²) in [7, 11) is -3.87. The molecule has 9 heteroatoms. The van der Waals surface area contributed by atoms with E-state index in [4.69, 9.17) is 4.74 Å². The first-order valence-corrected chi connectivity index (χ1v) is 14.9. The molecule has 0 saturated heterocycles. The second kappa shape index (κ2) is 14.3. The van der Waals surface area contributed by atoms with Gasteiger partial charge in [0.15, 0.2) is 0 Å². The van der Waals surface area contributed by atoms with Crippen LogP contribution in [0.25, 0.3) is 0 Å². The van der Waals surface area contributed by atoms with Crippen molar-refractivity contribution in [1.29, 1.82) is 0 Å². The maximum Gasteiger partial charge on any atom is 0.244 e. The lowest BCUT2D eigenvalue weighted by atomic mass is 10.0. The molecule has 3 aromatic rings. The molecule has 3 rings (SSSR count). The van der Waals surface area contributed by atoms with Gasteiger partial charge in [0.1, 0.15) is 18.3 Å². The van der Waals surface area contributed by atoms with E-state index >= 15 is 0 Å². The number of ether oxygens (including phenoxy) is 1. The van der Waals surface area contributed by atoms with Gasteiger partial charge in [-0.05, 0) is 36.6 Å². The first kappa shape index (κ1) is 29.7. The van der Waals surface area contributed by atoms with Gasteiger partial charge in [0, 0.05) is 19.5 Å². The number of sulfonamides is 1. The molecular formula is C30H37N3O5S. The molecule has 2 amide bonds. The van der Waals surface area contributed by atoms with Crippen molar-refractivity contribution in [2.45, 2.75) is 39.3 Å². The largest absolute Gasteiger partial charge is 0.492 e. The van der Waals surface area contributed by atoms with Crippen molar-refractivity contribution in [3.8, 4) is 5.75 Å². The van der Waals surface area contributed by atoms with Gasteiger partial charge in [-0.25, -0.2) is 8.42 Å². The number of hydrogen-bond donors (Lipinski definition) is 1. The minimum Gasteiger partial charge on any atom is -0.492 e. The van der Waals surface area contributed by atoms with Crippen molar-refractivity contribution in [3.05, 3.63) is 96.1 Å². The quantitative estimate of drug-likeness (QED) is 0.327. The van der Waals surface area contributed by atoms with Gasteiger partial charge in [-0.2, -0.15) is 0 Å². The van der Waals surface area contributed by atoms with E-state index in [2.05, 4.69) is 5.32 Å². The van der Waals surface area contributed by atoms with Crippen LogP contribution in [0.15, 0.2) is 84.9 Å². The third-order valence-corrected chi connectivity index (χ3v) is 7.26. The molecule has 0 aromatic heterocycles. The highest BCUT2D eigenvalue weighted by Crippen LogP contribution is 2.30. The zero-order valence-electron chi connectivity index (χ0n) is 22.7. The van der Waals surface area contributed by atoms with E-state index in [1.54, 1.807) is 31.2 Å². The summed E-state index contributed by atoms with van der Waals surface area (Å²) < 4.78 is 32.6. The number of carbonyl (C=O) groups excluding carboxylic acids is 2. The molecule has 0 heterocycles. The molecule has 0 spiro atoms. The summed E-state index contributed by atoms with van der Waals surface area (Å²) in [5.74, 6) is -0.428. The molecule has 39 heavy (non-hydrogen) atoms. The fraction of sp³-hybridized carbons (Fsp3) is 0.333. The molecule has 0 fully saturated rings. The summed E-state index contributed by atoms with van der Waals surface area (Å²) in [5, 5.41) is 2.93. The first-order valence-electron chi connectivity index (χ1n) is 13.1. The molecule has 1 atom stereocenters. The van der Waals surface area contributed by atoms with Crippen LogP contribution in [0.2, 0.25) is 0 Å². The lowest BCUT2D eigenvalue weighted by molar-refractivity contribution is -0.140. The number of nitrogens with zero attached hydrogens (tertiary/aromatic N) is 2. The van der Waals surface area contributed by atoms with E-state index in [-0.39, 0.29) is 24.6 Å². The predicted molar refractivity (Wildman–Crippen MR) is 154 cm³/mol. The molecule has 0 aliphatic rings. The fourth-order valence-electron chi connectivity index (χ4n) is 4.24. The third-order valence-electron chi connectivity index (χ3n) is 6.13. The summed E-state index contributed by atoms with van der Waals surface area (Å²) in [6, 6.07) is 24.7. The minimum atomic E-state index is -3.87. The first-order chi connectivity index (χ1) is 18.7. The summed E-state index contributed by atoms with van der Waals surface area (Å²) in [5.41, 5.74) is 1.99. The molecule has 0 unspecified atom stereocenters. The van der Waals surface area contributed by atoms with E-state index < -0.39 is 28.5 Å². The van der Waals surface area contributed by atoms with Crippen molar-refractivity contribution in [2.75, 3.05) is 30.3 Å². The summed E-state index contributed by atoms with van der Waals surface area (Å²) in [6.45, 7) is 4.22. The zero-order chi connectivity index (χ0) is 28.3.